The molecule has 0 radical (unpaired) electrons. The summed E-state index contributed by atoms with van der Waals surface area (Å²) in [5.41, 5.74) is 9.07. The van der Waals surface area contributed by atoms with E-state index < -0.39 is 0 Å². The lowest BCUT2D eigenvalue weighted by Crippen LogP contribution is -2.39. The lowest BCUT2D eigenvalue weighted by molar-refractivity contribution is 0.216. The summed E-state index contributed by atoms with van der Waals surface area (Å²) < 4.78 is 0. The number of nitrogens with two attached hydrogens (primary N) is 1. The summed E-state index contributed by atoms with van der Waals surface area (Å²) in [4.78, 5) is 6.60. The van der Waals surface area contributed by atoms with Crippen LogP contribution in [0, 0.1) is 0 Å². The van der Waals surface area contributed by atoms with Crippen molar-refractivity contribution >= 4 is 11.3 Å². The summed E-state index contributed by atoms with van der Waals surface area (Å²) in [6.45, 7) is 1.70. The van der Waals surface area contributed by atoms with Gasteiger partial charge in [-0.25, -0.2) is 4.98 Å². The number of aromatic nitrogens is 1. The fraction of sp³-hybridized carbons (Fsp3) is 0.667. The number of likely N-dealkylation sites (N-methyl/N-ethyl adjacent to an activating group) is 1. The van der Waals surface area contributed by atoms with E-state index in [-0.39, 0.29) is 0 Å². The third-order valence-corrected chi connectivity index (χ3v) is 3.53. The molecule has 0 spiro atoms. The molecular formula is C9H15N3S. The van der Waals surface area contributed by atoms with E-state index in [0.717, 1.165) is 18.8 Å². The van der Waals surface area contributed by atoms with Crippen molar-refractivity contribution in [2.75, 3.05) is 13.6 Å². The van der Waals surface area contributed by atoms with Gasteiger partial charge in [-0.3, -0.25) is 4.90 Å². The van der Waals surface area contributed by atoms with Crippen LogP contribution in [0.3, 0.4) is 0 Å². The molecule has 0 bridgehead atoms. The van der Waals surface area contributed by atoms with Gasteiger partial charge in [0.25, 0.3) is 0 Å². The van der Waals surface area contributed by atoms with Crippen molar-refractivity contribution in [2.24, 2.45) is 5.73 Å². The summed E-state index contributed by atoms with van der Waals surface area (Å²) in [6, 6.07) is 0. The van der Waals surface area contributed by atoms with Crippen molar-refractivity contribution in [1.82, 2.24) is 9.88 Å². The molecule has 0 amide bonds. The minimum Gasteiger partial charge on any atom is -0.329 e. The molecule has 0 aliphatic heterocycles. The van der Waals surface area contributed by atoms with Crippen LogP contribution in [0.2, 0.25) is 0 Å². The molecule has 0 atom stereocenters. The topological polar surface area (TPSA) is 42.2 Å². The molecule has 1 heterocycles. The first-order valence-electron chi connectivity index (χ1n) is 4.55. The van der Waals surface area contributed by atoms with Crippen LogP contribution in [-0.2, 0) is 6.54 Å². The van der Waals surface area contributed by atoms with Gasteiger partial charge in [0, 0.05) is 24.0 Å². The lowest BCUT2D eigenvalue weighted by atomic mass is 10.2. The molecule has 72 valence electrons. The van der Waals surface area contributed by atoms with Gasteiger partial charge in [-0.2, -0.15) is 0 Å². The average Bonchev–Trinajstić information content (AvgIpc) is 2.79. The van der Waals surface area contributed by atoms with Gasteiger partial charge in [0.1, 0.15) is 0 Å². The fourth-order valence-corrected chi connectivity index (χ4v) is 2.16. The normalized spacial score (nSPS) is 19.3. The molecule has 1 saturated carbocycles. The second-order valence-corrected chi connectivity index (χ2v) is 4.48. The van der Waals surface area contributed by atoms with Gasteiger partial charge < -0.3 is 5.73 Å². The maximum atomic E-state index is 5.74. The van der Waals surface area contributed by atoms with Crippen molar-refractivity contribution in [2.45, 2.75) is 24.9 Å². The SMILES string of the molecule is CN(Cc1cscn1)C1(CN)CC1. The second kappa shape index (κ2) is 3.36. The summed E-state index contributed by atoms with van der Waals surface area (Å²) in [5, 5.41) is 2.10. The maximum absolute atomic E-state index is 5.74. The molecule has 2 rings (SSSR count). The third-order valence-electron chi connectivity index (χ3n) is 2.90. The minimum absolute atomic E-state index is 0.295. The summed E-state index contributed by atoms with van der Waals surface area (Å²) >= 11 is 1.65. The number of thiazole rings is 1. The van der Waals surface area contributed by atoms with Crippen molar-refractivity contribution in [3.05, 3.63) is 16.6 Å². The fourth-order valence-electron chi connectivity index (χ4n) is 1.61. The monoisotopic (exact) mass is 197 g/mol. The van der Waals surface area contributed by atoms with E-state index in [1.165, 1.54) is 12.8 Å². The predicted molar refractivity (Wildman–Crippen MR) is 54.6 cm³/mol. The zero-order chi connectivity index (χ0) is 9.31. The van der Waals surface area contributed by atoms with Gasteiger partial charge >= 0.3 is 0 Å². The highest BCUT2D eigenvalue weighted by atomic mass is 32.1. The molecule has 4 heteroatoms. The molecule has 0 saturated heterocycles. The quantitative estimate of drug-likeness (QED) is 0.785. The van der Waals surface area contributed by atoms with Gasteiger partial charge in [-0.1, -0.05) is 0 Å². The van der Waals surface area contributed by atoms with Crippen molar-refractivity contribution in [3.63, 3.8) is 0 Å². The number of hydrogen-bond donors (Lipinski definition) is 1. The molecule has 1 aromatic heterocycles. The number of rotatable bonds is 4. The van der Waals surface area contributed by atoms with E-state index >= 15 is 0 Å². The minimum atomic E-state index is 0.295. The highest BCUT2D eigenvalue weighted by Gasteiger charge is 2.44. The molecule has 0 unspecified atom stereocenters. The Morgan fingerprint density at radius 1 is 1.69 bits per heavy atom. The summed E-state index contributed by atoms with van der Waals surface area (Å²) in [7, 11) is 2.14. The zero-order valence-electron chi connectivity index (χ0n) is 7.86. The second-order valence-electron chi connectivity index (χ2n) is 3.76. The molecule has 1 fully saturated rings. The Hall–Kier alpha value is -0.450. The van der Waals surface area contributed by atoms with Gasteiger partial charge in [0.15, 0.2) is 0 Å². The smallest absolute Gasteiger partial charge is 0.0795 e. The van der Waals surface area contributed by atoms with E-state index in [2.05, 4.69) is 22.3 Å². The molecular weight excluding hydrogens is 182 g/mol. The Morgan fingerprint density at radius 3 is 2.92 bits per heavy atom. The van der Waals surface area contributed by atoms with Gasteiger partial charge in [-0.05, 0) is 19.9 Å². The van der Waals surface area contributed by atoms with Crippen LogP contribution in [0.5, 0.6) is 0 Å². The molecule has 1 aliphatic carbocycles. The lowest BCUT2D eigenvalue weighted by Gasteiger charge is -2.25. The molecule has 2 N–H and O–H groups in total. The van der Waals surface area contributed by atoms with Crippen LogP contribution in [-0.4, -0.2) is 29.0 Å². The first kappa shape index (κ1) is 9.12. The van der Waals surface area contributed by atoms with Gasteiger partial charge in [0.05, 0.1) is 11.2 Å². The Labute approximate surface area is 82.6 Å². The van der Waals surface area contributed by atoms with Crippen LogP contribution >= 0.6 is 11.3 Å². The average molecular weight is 197 g/mol. The first-order valence-corrected chi connectivity index (χ1v) is 5.49. The zero-order valence-corrected chi connectivity index (χ0v) is 8.68. The Morgan fingerprint density at radius 2 is 2.46 bits per heavy atom. The molecule has 13 heavy (non-hydrogen) atoms. The van der Waals surface area contributed by atoms with Crippen molar-refractivity contribution in [3.8, 4) is 0 Å². The third kappa shape index (κ3) is 1.75. The predicted octanol–water partition coefficient (Wildman–Crippen LogP) is 1.07. The molecule has 1 aromatic rings. The molecule has 1 aliphatic rings. The molecule has 3 nitrogen and oxygen atoms in total. The highest BCUT2D eigenvalue weighted by Crippen LogP contribution is 2.40. The van der Waals surface area contributed by atoms with Crippen molar-refractivity contribution in [1.29, 1.82) is 0 Å². The Balaban J connectivity index is 1.95. The van der Waals surface area contributed by atoms with E-state index in [9.17, 15) is 0 Å². The largest absolute Gasteiger partial charge is 0.329 e. The van der Waals surface area contributed by atoms with Crippen LogP contribution in [0.15, 0.2) is 10.9 Å². The van der Waals surface area contributed by atoms with Crippen LogP contribution in [0.1, 0.15) is 18.5 Å². The Bertz CT molecular complexity index is 266. The standard InChI is InChI=1S/C9H15N3S/c1-12(9(6-10)2-3-9)4-8-5-13-7-11-8/h5,7H,2-4,6,10H2,1H3. The van der Waals surface area contributed by atoms with Crippen molar-refractivity contribution < 1.29 is 0 Å². The summed E-state index contributed by atoms with van der Waals surface area (Å²) in [5.74, 6) is 0. The van der Waals surface area contributed by atoms with Gasteiger partial charge in [0.2, 0.25) is 0 Å². The maximum Gasteiger partial charge on any atom is 0.0795 e. The summed E-state index contributed by atoms with van der Waals surface area (Å²) in [6.07, 6.45) is 2.48. The van der Waals surface area contributed by atoms with Crippen LogP contribution in [0.25, 0.3) is 0 Å². The van der Waals surface area contributed by atoms with E-state index in [0.29, 0.717) is 5.54 Å². The van der Waals surface area contributed by atoms with Gasteiger partial charge in [-0.15, -0.1) is 11.3 Å². The van der Waals surface area contributed by atoms with E-state index in [1.807, 2.05) is 5.51 Å². The van der Waals surface area contributed by atoms with E-state index in [1.54, 1.807) is 11.3 Å². The highest BCUT2D eigenvalue weighted by molar-refractivity contribution is 7.07. The number of hydrogen-bond acceptors (Lipinski definition) is 4. The number of nitrogens with zero attached hydrogens (tertiary/aromatic N) is 2. The molecule has 0 aromatic carbocycles. The van der Waals surface area contributed by atoms with E-state index in [4.69, 9.17) is 5.73 Å². The Kier molecular flexibility index (Phi) is 2.36. The first-order chi connectivity index (χ1) is 6.27. The van der Waals surface area contributed by atoms with Crippen LogP contribution < -0.4 is 5.73 Å². The van der Waals surface area contributed by atoms with Crippen LogP contribution in [0.4, 0.5) is 0 Å².